The number of methoxy groups -OCH3 is 1. The predicted octanol–water partition coefficient (Wildman–Crippen LogP) is 1.33. The fraction of sp³-hybridized carbons (Fsp3) is 0.667. The van der Waals surface area contributed by atoms with E-state index in [0.717, 1.165) is 25.5 Å². The normalized spacial score (nSPS) is 27.2. The summed E-state index contributed by atoms with van der Waals surface area (Å²) >= 11 is 0. The summed E-state index contributed by atoms with van der Waals surface area (Å²) in [5.74, 6) is -0.696. The van der Waals surface area contributed by atoms with E-state index >= 15 is 0 Å². The van der Waals surface area contributed by atoms with E-state index in [1.165, 1.54) is 23.5 Å². The third kappa shape index (κ3) is 4.43. The van der Waals surface area contributed by atoms with E-state index < -0.39 is 21.4 Å². The molecule has 7 nitrogen and oxygen atoms in total. The number of halogens is 1. The molecule has 2 heterocycles. The van der Waals surface area contributed by atoms with Gasteiger partial charge in [0.25, 0.3) is 0 Å². The molecule has 0 amide bonds. The second kappa shape index (κ2) is 8.00. The van der Waals surface area contributed by atoms with E-state index in [0.29, 0.717) is 6.61 Å². The van der Waals surface area contributed by atoms with E-state index in [1.54, 1.807) is 0 Å². The third-order valence-corrected chi connectivity index (χ3v) is 6.82. The van der Waals surface area contributed by atoms with Crippen LogP contribution in [0.2, 0.25) is 0 Å². The summed E-state index contributed by atoms with van der Waals surface area (Å²) < 4.78 is 58.3. The van der Waals surface area contributed by atoms with Crippen LogP contribution in [0.5, 0.6) is 5.75 Å². The quantitative estimate of drug-likeness (QED) is 0.740. The van der Waals surface area contributed by atoms with Crippen LogP contribution in [0.1, 0.15) is 12.8 Å². The average Bonchev–Trinajstić information content (AvgIpc) is 2.85. The van der Waals surface area contributed by atoms with Crippen molar-refractivity contribution in [1.29, 1.82) is 0 Å². The number of likely N-dealkylation sites (N-methyl/N-ethyl adjacent to an activating group) is 1. The molecule has 1 aromatic rings. The molecular weight excluding hydrogens is 375 g/mol. The van der Waals surface area contributed by atoms with Crippen molar-refractivity contribution >= 4 is 10.0 Å². The van der Waals surface area contributed by atoms with Crippen molar-refractivity contribution in [2.24, 2.45) is 0 Å². The van der Waals surface area contributed by atoms with Gasteiger partial charge in [0.05, 0.1) is 31.3 Å². The summed E-state index contributed by atoms with van der Waals surface area (Å²) in [5.41, 5.74) is -0.657. The van der Waals surface area contributed by atoms with Gasteiger partial charge in [-0.2, -0.15) is 4.31 Å². The van der Waals surface area contributed by atoms with Gasteiger partial charge in [-0.3, -0.25) is 0 Å². The smallest absolute Gasteiger partial charge is 0.243 e. The Morgan fingerprint density at radius 1 is 1.41 bits per heavy atom. The number of hydrogen-bond acceptors (Lipinski definition) is 6. The van der Waals surface area contributed by atoms with Gasteiger partial charge in [0.15, 0.2) is 11.6 Å². The first kappa shape index (κ1) is 20.5. The lowest BCUT2D eigenvalue weighted by molar-refractivity contribution is -0.0858. The fourth-order valence-electron chi connectivity index (χ4n) is 3.69. The molecule has 2 fully saturated rings. The Morgan fingerprint density at radius 2 is 2.19 bits per heavy atom. The van der Waals surface area contributed by atoms with Crippen molar-refractivity contribution in [3.05, 3.63) is 24.0 Å². The first-order chi connectivity index (χ1) is 12.8. The Morgan fingerprint density at radius 3 is 2.85 bits per heavy atom. The van der Waals surface area contributed by atoms with Crippen LogP contribution < -0.4 is 4.74 Å². The Hall–Kier alpha value is -1.26. The predicted molar refractivity (Wildman–Crippen MR) is 97.9 cm³/mol. The lowest BCUT2D eigenvalue weighted by Crippen LogP contribution is -2.47. The molecule has 1 spiro atoms. The molecule has 9 heteroatoms. The molecule has 0 aliphatic carbocycles. The van der Waals surface area contributed by atoms with Crippen molar-refractivity contribution in [2.45, 2.75) is 29.4 Å². The van der Waals surface area contributed by atoms with Gasteiger partial charge in [0, 0.05) is 19.6 Å². The molecule has 2 aliphatic rings. The Kier molecular flexibility index (Phi) is 6.07. The van der Waals surface area contributed by atoms with Crippen LogP contribution in [0.25, 0.3) is 0 Å². The van der Waals surface area contributed by atoms with Crippen LogP contribution in [0.4, 0.5) is 4.39 Å². The zero-order chi connectivity index (χ0) is 19.7. The zero-order valence-electron chi connectivity index (χ0n) is 16.0. The average molecular weight is 402 g/mol. The Balaban J connectivity index is 1.82. The summed E-state index contributed by atoms with van der Waals surface area (Å²) in [6, 6.07) is 3.68. The number of benzene rings is 1. The van der Waals surface area contributed by atoms with Gasteiger partial charge in [-0.05, 0) is 45.1 Å². The van der Waals surface area contributed by atoms with E-state index in [4.69, 9.17) is 14.2 Å². The van der Waals surface area contributed by atoms with Gasteiger partial charge in [0.1, 0.15) is 5.60 Å². The van der Waals surface area contributed by atoms with Crippen molar-refractivity contribution in [3.8, 4) is 5.75 Å². The van der Waals surface area contributed by atoms with E-state index in [-0.39, 0.29) is 36.4 Å². The van der Waals surface area contributed by atoms with Crippen LogP contribution in [-0.4, -0.2) is 83.4 Å². The minimum Gasteiger partial charge on any atom is -0.494 e. The number of nitrogens with zero attached hydrogens (tertiary/aromatic N) is 2. The lowest BCUT2D eigenvalue weighted by atomic mass is 10.0. The maximum atomic E-state index is 14.0. The van der Waals surface area contributed by atoms with Gasteiger partial charge in [-0.25, -0.2) is 12.8 Å². The molecule has 152 valence electrons. The SMILES string of the molecule is COc1ccc(S(=O)(=O)N2CCOC[C@@]3(CC[C@@H](CN(C)C)O3)C2)cc1F. The summed E-state index contributed by atoms with van der Waals surface area (Å²) in [5, 5.41) is 0. The van der Waals surface area contributed by atoms with Crippen LogP contribution >= 0.6 is 0 Å². The highest BCUT2D eigenvalue weighted by Crippen LogP contribution is 2.35. The maximum Gasteiger partial charge on any atom is 0.243 e. The van der Waals surface area contributed by atoms with Crippen molar-refractivity contribution < 1.29 is 27.0 Å². The fourth-order valence-corrected chi connectivity index (χ4v) is 5.20. The van der Waals surface area contributed by atoms with Gasteiger partial charge in [-0.15, -0.1) is 0 Å². The lowest BCUT2D eigenvalue weighted by Gasteiger charge is -2.32. The van der Waals surface area contributed by atoms with E-state index in [9.17, 15) is 12.8 Å². The van der Waals surface area contributed by atoms with Crippen LogP contribution in [0.3, 0.4) is 0 Å². The molecule has 0 aromatic heterocycles. The molecule has 2 atom stereocenters. The molecule has 1 aromatic carbocycles. The topological polar surface area (TPSA) is 68.3 Å². The van der Waals surface area contributed by atoms with Crippen molar-refractivity contribution in [3.63, 3.8) is 0 Å². The first-order valence-corrected chi connectivity index (χ1v) is 10.4. The van der Waals surface area contributed by atoms with Crippen molar-refractivity contribution in [1.82, 2.24) is 9.21 Å². The maximum absolute atomic E-state index is 14.0. The van der Waals surface area contributed by atoms with E-state index in [1.807, 2.05) is 14.1 Å². The highest BCUT2D eigenvalue weighted by molar-refractivity contribution is 7.89. The minimum absolute atomic E-state index is 0.00951. The first-order valence-electron chi connectivity index (χ1n) is 9.00. The van der Waals surface area contributed by atoms with Crippen LogP contribution in [0.15, 0.2) is 23.1 Å². The number of rotatable bonds is 5. The molecule has 0 N–H and O–H groups in total. The minimum atomic E-state index is -3.87. The molecule has 0 radical (unpaired) electrons. The zero-order valence-corrected chi connectivity index (χ0v) is 16.8. The summed E-state index contributed by atoms with van der Waals surface area (Å²) in [6.45, 7) is 1.83. The molecule has 0 saturated carbocycles. The number of ether oxygens (including phenoxy) is 3. The van der Waals surface area contributed by atoms with Crippen LogP contribution in [-0.2, 0) is 19.5 Å². The molecule has 0 unspecified atom stereocenters. The van der Waals surface area contributed by atoms with Gasteiger partial charge < -0.3 is 19.1 Å². The molecule has 3 rings (SSSR count). The second-order valence-corrected chi connectivity index (χ2v) is 9.35. The van der Waals surface area contributed by atoms with E-state index in [2.05, 4.69) is 4.90 Å². The van der Waals surface area contributed by atoms with Crippen molar-refractivity contribution in [2.75, 3.05) is 54.1 Å². The Bertz CT molecular complexity index is 773. The van der Waals surface area contributed by atoms with Crippen LogP contribution in [0, 0.1) is 5.82 Å². The second-order valence-electron chi connectivity index (χ2n) is 7.41. The Labute approximate surface area is 160 Å². The van der Waals surface area contributed by atoms with Gasteiger partial charge in [-0.1, -0.05) is 0 Å². The monoisotopic (exact) mass is 402 g/mol. The molecule has 2 aliphatic heterocycles. The van der Waals surface area contributed by atoms with Gasteiger partial charge in [0.2, 0.25) is 10.0 Å². The summed E-state index contributed by atoms with van der Waals surface area (Å²) in [7, 11) is 1.43. The largest absolute Gasteiger partial charge is 0.494 e. The molecule has 2 saturated heterocycles. The summed E-state index contributed by atoms with van der Waals surface area (Å²) in [4.78, 5) is 1.95. The summed E-state index contributed by atoms with van der Waals surface area (Å²) in [6.07, 6.45) is 1.63. The standard InChI is InChI=1S/C18H27FN2O5S/c1-20(2)11-14-6-7-18(26-14)12-21(8-9-25-13-18)27(22,23)15-4-5-17(24-3)16(19)10-15/h4-5,10,14H,6-9,11-13H2,1-3H3/t14-,18+/m0/s1. The third-order valence-electron chi connectivity index (χ3n) is 4.98. The molecular formula is C18H27FN2O5S. The molecule has 27 heavy (non-hydrogen) atoms. The van der Waals surface area contributed by atoms with Gasteiger partial charge >= 0.3 is 0 Å². The highest BCUT2D eigenvalue weighted by Gasteiger charge is 2.45. The molecule has 0 bridgehead atoms. The highest BCUT2D eigenvalue weighted by atomic mass is 32.2. The number of hydrogen-bond donors (Lipinski definition) is 0. The number of sulfonamides is 1.